The molecule has 4 saturated heterocycles. The van der Waals surface area contributed by atoms with Crippen LogP contribution in [0.4, 0.5) is 0 Å². The second-order valence-electron chi connectivity index (χ2n) is 12.6. The van der Waals surface area contributed by atoms with E-state index in [2.05, 4.69) is 16.7 Å². The molecule has 18 atom stereocenters. The van der Waals surface area contributed by atoms with E-state index < -0.39 is 185 Å². The molecule has 0 spiro atoms. The Morgan fingerprint density at radius 3 is 1.60 bits per heavy atom. The lowest BCUT2D eigenvalue weighted by atomic mass is 9.97. The third-order valence-corrected chi connectivity index (χ3v) is 10.3. The normalized spacial score (nSPS) is 42.3. The standard InChI is InChI=1S/C23H40O31S4/c24-2-8-16(50-23-15(52-56(35,36)37)7(26)1-6(46-23)4-45-55(32,33)34)12(28)14(30)22(49-8)51-21-13(29)11(27)10(5-44-21)47-17-9(3-25)48-20(31)19(54-58(41,42)43)18(17)53-57(38,39)40/h6-31H,1-5H2,(H,32,33,34)(H,35,36,37)(H,38,39,40)(H,41,42,43)/t6-,7-,8+,9+,10+,11-,12+,13+,14+,15+,16+,17+,18+,19+,20+,21-,22-,23-/m0/s1. The van der Waals surface area contributed by atoms with E-state index in [0.717, 1.165) is 0 Å². The summed E-state index contributed by atoms with van der Waals surface area (Å²) in [5.74, 6) is 0. The van der Waals surface area contributed by atoms with Gasteiger partial charge in [0.15, 0.2) is 37.4 Å². The summed E-state index contributed by atoms with van der Waals surface area (Å²) >= 11 is 0. The van der Waals surface area contributed by atoms with Crippen molar-refractivity contribution >= 4 is 41.6 Å². The molecular formula is C23H40O31S4. The Balaban J connectivity index is 1.47. The van der Waals surface area contributed by atoms with Gasteiger partial charge >= 0.3 is 41.6 Å². The van der Waals surface area contributed by atoms with Gasteiger partial charge in [0, 0.05) is 6.42 Å². The zero-order valence-electron chi connectivity index (χ0n) is 28.7. The summed E-state index contributed by atoms with van der Waals surface area (Å²) in [4.78, 5) is 0. The molecule has 4 aliphatic heterocycles. The fourth-order valence-electron chi connectivity index (χ4n) is 6.06. The van der Waals surface area contributed by atoms with Crippen LogP contribution in [0.3, 0.4) is 0 Å². The first-order valence-corrected chi connectivity index (χ1v) is 21.5. The Bertz CT molecular complexity index is 1790. The maximum atomic E-state index is 11.6. The van der Waals surface area contributed by atoms with Crippen molar-refractivity contribution < 1.29 is 143 Å². The molecule has 12 N–H and O–H groups in total. The fraction of sp³-hybridized carbons (Fsp3) is 1.00. The molecule has 0 saturated carbocycles. The number of aliphatic hydroxyl groups is 8. The second-order valence-corrected chi connectivity index (χ2v) is 16.9. The van der Waals surface area contributed by atoms with Gasteiger partial charge in [-0.25, -0.2) is 16.7 Å². The van der Waals surface area contributed by atoms with Gasteiger partial charge in [0.2, 0.25) is 0 Å². The molecule has 4 aliphatic rings. The molecule has 342 valence electrons. The van der Waals surface area contributed by atoms with Crippen LogP contribution in [-0.4, -0.2) is 230 Å². The van der Waals surface area contributed by atoms with Gasteiger partial charge in [0.1, 0.15) is 61.0 Å². The monoisotopic (exact) mass is 940 g/mol. The highest BCUT2D eigenvalue weighted by molar-refractivity contribution is 7.81. The predicted octanol–water partition coefficient (Wildman–Crippen LogP) is -8.77. The molecule has 0 aliphatic carbocycles. The molecule has 0 aromatic heterocycles. The lowest BCUT2D eigenvalue weighted by molar-refractivity contribution is -0.384. The lowest BCUT2D eigenvalue weighted by Gasteiger charge is -2.47. The molecule has 0 amide bonds. The molecule has 58 heavy (non-hydrogen) atoms. The summed E-state index contributed by atoms with van der Waals surface area (Å²) in [7, 11) is -21.5. The zero-order chi connectivity index (χ0) is 43.7. The van der Waals surface area contributed by atoms with Crippen molar-refractivity contribution in [2.75, 3.05) is 26.4 Å². The Morgan fingerprint density at radius 2 is 1.05 bits per heavy atom. The van der Waals surface area contributed by atoms with Crippen LogP contribution in [0.15, 0.2) is 0 Å². The third kappa shape index (κ3) is 13.4. The first kappa shape index (κ1) is 49.5. The minimum atomic E-state index is -5.57. The number of hydrogen-bond donors (Lipinski definition) is 12. The topological polar surface area (TPSA) is 481 Å². The first-order chi connectivity index (χ1) is 26.6. The molecule has 4 rings (SSSR count). The molecule has 0 bridgehead atoms. The Morgan fingerprint density at radius 1 is 0.517 bits per heavy atom. The van der Waals surface area contributed by atoms with E-state index in [1.54, 1.807) is 0 Å². The summed E-state index contributed by atoms with van der Waals surface area (Å²) in [6.07, 6.45) is -38.6. The maximum Gasteiger partial charge on any atom is 0.397 e. The van der Waals surface area contributed by atoms with Gasteiger partial charge in [-0.1, -0.05) is 0 Å². The van der Waals surface area contributed by atoms with Crippen molar-refractivity contribution in [3.63, 3.8) is 0 Å². The lowest BCUT2D eigenvalue weighted by Crippen LogP contribution is -2.66. The van der Waals surface area contributed by atoms with Gasteiger partial charge in [0.05, 0.1) is 38.6 Å². The predicted molar refractivity (Wildman–Crippen MR) is 168 cm³/mol. The molecule has 35 heteroatoms. The zero-order valence-corrected chi connectivity index (χ0v) is 32.0. The van der Waals surface area contributed by atoms with Crippen molar-refractivity contribution in [2.24, 2.45) is 0 Å². The van der Waals surface area contributed by atoms with Gasteiger partial charge in [-0.15, -0.1) is 0 Å². The van der Waals surface area contributed by atoms with Gasteiger partial charge in [0.25, 0.3) is 0 Å². The number of aliphatic hydroxyl groups excluding tert-OH is 8. The highest BCUT2D eigenvalue weighted by Crippen LogP contribution is 2.35. The second kappa shape index (κ2) is 19.5. The largest absolute Gasteiger partial charge is 0.397 e. The molecule has 4 heterocycles. The van der Waals surface area contributed by atoms with Crippen LogP contribution in [0.5, 0.6) is 0 Å². The summed E-state index contributed by atoms with van der Waals surface area (Å²) < 4.78 is 182. The van der Waals surface area contributed by atoms with E-state index in [1.165, 1.54) is 0 Å². The van der Waals surface area contributed by atoms with Crippen LogP contribution < -0.4 is 0 Å². The molecule has 0 aromatic carbocycles. The van der Waals surface area contributed by atoms with Crippen LogP contribution in [-0.2, 0) is 91.5 Å². The van der Waals surface area contributed by atoms with Crippen molar-refractivity contribution in [3.05, 3.63) is 0 Å². The SMILES string of the molecule is O=S(=O)(O)OC[C@@H]1C[C@H](O)[C@@H](OS(=O)(=O)O)[C@H](O[C@H]2[C@H](O)[C@@H](O)[C@H](O[C@@H]3OC[C@@H](O[C@H]4[C@@H](OS(=O)(=O)O)[C@@H](OS(=O)(=O)O)[C@H](O)O[C@@H]4CO)[C@H](O)[C@H]3O)O[C@@H]2CO)O1. The van der Waals surface area contributed by atoms with Gasteiger partial charge in [-0.05, 0) is 0 Å². The summed E-state index contributed by atoms with van der Waals surface area (Å²) in [6, 6.07) is 0. The highest BCUT2D eigenvalue weighted by Gasteiger charge is 2.55. The van der Waals surface area contributed by atoms with Crippen molar-refractivity contribution in [3.8, 4) is 0 Å². The number of ether oxygens (including phenoxy) is 7. The minimum absolute atomic E-state index is 0.649. The molecule has 4 fully saturated rings. The summed E-state index contributed by atoms with van der Waals surface area (Å²) in [5, 5.41) is 84.0. The first-order valence-electron chi connectivity index (χ1n) is 16.0. The van der Waals surface area contributed by atoms with Crippen LogP contribution in [0.25, 0.3) is 0 Å². The molecule has 0 unspecified atom stereocenters. The van der Waals surface area contributed by atoms with Crippen molar-refractivity contribution in [1.29, 1.82) is 0 Å². The average Bonchev–Trinajstić information content (AvgIpc) is 3.08. The molecule has 31 nitrogen and oxygen atoms in total. The van der Waals surface area contributed by atoms with E-state index in [4.69, 9.17) is 42.3 Å². The van der Waals surface area contributed by atoms with Crippen LogP contribution >= 0.6 is 0 Å². The fourth-order valence-corrected chi connectivity index (χ4v) is 7.87. The molecular weight excluding hydrogens is 900 g/mol. The average molecular weight is 941 g/mol. The van der Waals surface area contributed by atoms with E-state index in [-0.39, 0.29) is 0 Å². The van der Waals surface area contributed by atoms with Crippen LogP contribution in [0.1, 0.15) is 6.42 Å². The van der Waals surface area contributed by atoms with E-state index in [0.29, 0.717) is 0 Å². The van der Waals surface area contributed by atoms with Crippen LogP contribution in [0.2, 0.25) is 0 Å². The Hall–Kier alpha value is -1.12. The quantitative estimate of drug-likeness (QED) is 0.0603. The summed E-state index contributed by atoms with van der Waals surface area (Å²) in [6.45, 7) is -4.15. The van der Waals surface area contributed by atoms with E-state index >= 15 is 0 Å². The van der Waals surface area contributed by atoms with Gasteiger partial charge < -0.3 is 74.0 Å². The van der Waals surface area contributed by atoms with Crippen molar-refractivity contribution in [1.82, 2.24) is 0 Å². The number of rotatable bonds is 17. The minimum Gasteiger partial charge on any atom is -0.394 e. The third-order valence-electron chi connectivity index (χ3n) is 8.52. The van der Waals surface area contributed by atoms with Gasteiger partial charge in [-0.2, -0.15) is 33.7 Å². The number of hydrogen-bond acceptors (Lipinski definition) is 27. The highest BCUT2D eigenvalue weighted by atomic mass is 32.3. The van der Waals surface area contributed by atoms with E-state index in [1.807, 2.05) is 0 Å². The molecule has 0 aromatic rings. The smallest absolute Gasteiger partial charge is 0.394 e. The molecule has 0 radical (unpaired) electrons. The Labute approximate surface area is 327 Å². The van der Waals surface area contributed by atoms with Gasteiger partial charge in [-0.3, -0.25) is 18.2 Å². The van der Waals surface area contributed by atoms with Crippen LogP contribution in [0, 0.1) is 0 Å². The summed E-state index contributed by atoms with van der Waals surface area (Å²) in [5.41, 5.74) is 0. The Kier molecular flexibility index (Phi) is 16.7. The van der Waals surface area contributed by atoms with Crippen molar-refractivity contribution in [2.45, 2.75) is 117 Å². The maximum absolute atomic E-state index is 11.6. The van der Waals surface area contributed by atoms with E-state index in [9.17, 15) is 83.6 Å².